The van der Waals surface area contributed by atoms with Gasteiger partial charge in [-0.3, -0.25) is 19.8 Å². The molecule has 0 aromatic rings. The lowest BCUT2D eigenvalue weighted by Crippen LogP contribution is -2.56. The first kappa shape index (κ1) is 38.0. The van der Waals surface area contributed by atoms with Crippen molar-refractivity contribution in [1.82, 2.24) is 4.90 Å². The number of alkyl halides is 1. The number of halogens is 1. The van der Waals surface area contributed by atoms with Crippen LogP contribution in [-0.2, 0) is 42.9 Å². The molecule has 1 unspecified atom stereocenters. The molecule has 3 aliphatic heterocycles. The van der Waals surface area contributed by atoms with Gasteiger partial charge in [-0.15, -0.1) is 0 Å². The molecule has 0 radical (unpaired) electrons. The van der Waals surface area contributed by atoms with E-state index >= 15 is 4.39 Å². The van der Waals surface area contributed by atoms with Crippen LogP contribution in [0.15, 0.2) is 0 Å². The van der Waals surface area contributed by atoms with E-state index in [1.54, 1.807) is 20.8 Å². The van der Waals surface area contributed by atoms with Gasteiger partial charge >= 0.3 is 11.9 Å². The van der Waals surface area contributed by atoms with E-state index < -0.39 is 82.4 Å². The van der Waals surface area contributed by atoms with Crippen molar-refractivity contribution in [2.45, 2.75) is 122 Å². The SMILES string of the molecule is CC[C@@H]1OC(=O)[C@@](C)(F)C(=O)[C@H](C)C[C@](COC2C[C@@H](N(C)C)C[C@@H](C)O2)(OC)C[C@@H](C)C(=O)[C@H](C)[C@H]2[C@H](C(=N)N)C(=O)O[C@]21C. The van der Waals surface area contributed by atoms with Crippen molar-refractivity contribution in [1.29, 1.82) is 5.41 Å². The van der Waals surface area contributed by atoms with Gasteiger partial charge in [0.15, 0.2) is 17.7 Å². The van der Waals surface area contributed by atoms with Crippen LogP contribution < -0.4 is 5.73 Å². The maximum Gasteiger partial charge on any atom is 0.351 e. The van der Waals surface area contributed by atoms with Crippen LogP contribution in [0.2, 0.25) is 0 Å². The summed E-state index contributed by atoms with van der Waals surface area (Å²) < 4.78 is 46.0. The molecule has 3 N–H and O–H groups in total. The summed E-state index contributed by atoms with van der Waals surface area (Å²) >= 11 is 0. The number of hydrogen-bond acceptors (Lipinski definition) is 11. The van der Waals surface area contributed by atoms with E-state index in [9.17, 15) is 19.2 Å². The summed E-state index contributed by atoms with van der Waals surface area (Å²) in [5, 5.41) is 8.18. The second kappa shape index (κ2) is 14.3. The lowest BCUT2D eigenvalue weighted by atomic mass is 9.67. The fourth-order valence-corrected chi connectivity index (χ4v) is 7.83. The van der Waals surface area contributed by atoms with Crippen LogP contribution in [0.5, 0.6) is 0 Å². The highest BCUT2D eigenvalue weighted by Gasteiger charge is 2.62. The Kier molecular flexibility index (Phi) is 11.8. The Bertz CT molecular complexity index is 1180. The summed E-state index contributed by atoms with van der Waals surface area (Å²) in [7, 11) is 5.42. The van der Waals surface area contributed by atoms with E-state index in [0.717, 1.165) is 13.3 Å². The van der Waals surface area contributed by atoms with E-state index in [-0.39, 0.29) is 43.8 Å². The topological polar surface area (TPSA) is 168 Å². The first-order valence-corrected chi connectivity index (χ1v) is 16.3. The van der Waals surface area contributed by atoms with E-state index in [2.05, 4.69) is 4.90 Å². The predicted octanol–water partition coefficient (Wildman–Crippen LogP) is 3.22. The zero-order valence-corrected chi connectivity index (χ0v) is 29.0. The molecule has 3 heterocycles. The number of esters is 2. The first-order chi connectivity index (χ1) is 21.2. The van der Waals surface area contributed by atoms with Crippen molar-refractivity contribution in [3.8, 4) is 0 Å². The highest BCUT2D eigenvalue weighted by Crippen LogP contribution is 2.48. The Hall–Kier alpha value is -2.48. The standard InChI is InChI=1S/C33H54FN3O9/c1-11-22-32(7)25(24(28(35)36)29(40)46-32)20(5)26(38)17(2)14-33(42-10,15-18(3)27(39)31(6,34)30(41)45-22)16-43-23-13-21(37(8)9)12-19(4)44-23/h17-25H,11-16H2,1-10H3,(H3,35,36)/t17-,18-,19-,20-,21+,22+,23?,24-,25+,31+,32+,33-/m1/s1. The number of carbonyl (C=O) groups excluding carboxylic acids is 4. The molecule has 3 rings (SSSR count). The van der Waals surface area contributed by atoms with Crippen LogP contribution in [0.1, 0.15) is 80.6 Å². The molecule has 12 nitrogen and oxygen atoms in total. The van der Waals surface area contributed by atoms with Crippen LogP contribution in [-0.4, -0.2) is 103 Å². The molecule has 0 aliphatic carbocycles. The lowest BCUT2D eigenvalue weighted by Gasteiger charge is -2.43. The molecule has 3 saturated heterocycles. The average molecular weight is 656 g/mol. The molecule has 0 aromatic carbocycles. The van der Waals surface area contributed by atoms with Crippen molar-refractivity contribution in [2.75, 3.05) is 27.8 Å². The number of hydrogen-bond donors (Lipinski definition) is 2. The Labute approximate surface area is 272 Å². The molecule has 0 amide bonds. The van der Waals surface area contributed by atoms with E-state index in [4.69, 9.17) is 34.8 Å². The van der Waals surface area contributed by atoms with Crippen molar-refractivity contribution < 1.29 is 47.3 Å². The molecule has 13 heteroatoms. The smallest absolute Gasteiger partial charge is 0.351 e. The maximum absolute atomic E-state index is 16.2. The minimum atomic E-state index is -3.04. The largest absolute Gasteiger partial charge is 0.455 e. The summed E-state index contributed by atoms with van der Waals surface area (Å²) in [6.07, 6.45) is -0.361. The third-order valence-corrected chi connectivity index (χ3v) is 10.5. The molecule has 262 valence electrons. The number of nitrogens with zero attached hydrogens (tertiary/aromatic N) is 1. The van der Waals surface area contributed by atoms with Crippen molar-refractivity contribution in [3.63, 3.8) is 0 Å². The highest BCUT2D eigenvalue weighted by molar-refractivity contribution is 6.07. The minimum Gasteiger partial charge on any atom is -0.455 e. The summed E-state index contributed by atoms with van der Waals surface area (Å²) in [5.41, 5.74) is -0.0719. The molecule has 3 fully saturated rings. The summed E-state index contributed by atoms with van der Waals surface area (Å²) in [5.74, 6) is -8.97. The molecule has 0 bridgehead atoms. The van der Waals surface area contributed by atoms with Gasteiger partial charge in [0, 0.05) is 43.2 Å². The molecular weight excluding hydrogens is 601 g/mol. The Morgan fingerprint density at radius 1 is 1.07 bits per heavy atom. The zero-order valence-electron chi connectivity index (χ0n) is 29.0. The number of Topliss-reactive ketones (excluding diaryl/α,β-unsaturated/α-hetero) is 2. The van der Waals surface area contributed by atoms with Crippen LogP contribution in [0, 0.1) is 35.0 Å². The number of fused-ring (bicyclic) bond motifs is 1. The van der Waals surface area contributed by atoms with Gasteiger partial charge in [0.2, 0.25) is 0 Å². The normalized spacial score (nSPS) is 43.1. The molecule has 46 heavy (non-hydrogen) atoms. The van der Waals surface area contributed by atoms with Gasteiger partial charge in [0.05, 0.1) is 18.3 Å². The third kappa shape index (κ3) is 7.47. The van der Waals surface area contributed by atoms with Crippen LogP contribution in [0.3, 0.4) is 0 Å². The molecular formula is C33H54FN3O9. The first-order valence-electron chi connectivity index (χ1n) is 16.3. The third-order valence-electron chi connectivity index (χ3n) is 10.5. The lowest BCUT2D eigenvalue weighted by molar-refractivity contribution is -0.229. The van der Waals surface area contributed by atoms with E-state index in [1.165, 1.54) is 21.0 Å². The summed E-state index contributed by atoms with van der Waals surface area (Å²) in [4.78, 5) is 56.4. The highest BCUT2D eigenvalue weighted by atomic mass is 19.1. The number of rotatable bonds is 7. The van der Waals surface area contributed by atoms with Crippen LogP contribution in [0.4, 0.5) is 4.39 Å². The minimum absolute atomic E-state index is 0.0590. The van der Waals surface area contributed by atoms with Crippen molar-refractivity contribution >= 4 is 29.3 Å². The molecule has 12 atom stereocenters. The number of nitrogens with one attached hydrogen (secondary N) is 1. The van der Waals surface area contributed by atoms with Crippen LogP contribution in [0.25, 0.3) is 0 Å². The quantitative estimate of drug-likeness (QED) is 0.179. The maximum atomic E-state index is 16.2. The molecule has 0 aromatic heterocycles. The molecule has 0 spiro atoms. The van der Waals surface area contributed by atoms with Gasteiger partial charge in [-0.1, -0.05) is 27.7 Å². The second-order valence-electron chi connectivity index (χ2n) is 14.3. The van der Waals surface area contributed by atoms with Crippen LogP contribution >= 0.6 is 0 Å². The fourth-order valence-electron chi connectivity index (χ4n) is 7.83. The Morgan fingerprint density at radius 2 is 1.67 bits per heavy atom. The van der Waals surface area contributed by atoms with E-state index in [0.29, 0.717) is 6.42 Å². The van der Waals surface area contributed by atoms with Gasteiger partial charge in [-0.25, -0.2) is 9.18 Å². The number of methoxy groups -OCH3 is 1. The number of amidine groups is 1. The molecule has 0 saturated carbocycles. The zero-order chi connectivity index (χ0) is 34.9. The predicted molar refractivity (Wildman–Crippen MR) is 167 cm³/mol. The fraction of sp³-hybridized carbons (Fsp3) is 0.848. The van der Waals surface area contributed by atoms with Gasteiger partial charge in [0.1, 0.15) is 23.6 Å². The Balaban J connectivity index is 2.08. The van der Waals surface area contributed by atoms with Gasteiger partial charge in [-0.05, 0) is 60.5 Å². The van der Waals surface area contributed by atoms with Crippen molar-refractivity contribution in [3.05, 3.63) is 0 Å². The van der Waals surface area contributed by atoms with Gasteiger partial charge < -0.3 is 34.3 Å². The molecule has 3 aliphatic rings. The number of cyclic esters (lactones) is 1. The summed E-state index contributed by atoms with van der Waals surface area (Å²) in [6.45, 7) is 10.8. The number of carbonyl (C=O) groups is 4. The van der Waals surface area contributed by atoms with E-state index in [1.807, 2.05) is 21.0 Å². The summed E-state index contributed by atoms with van der Waals surface area (Å²) in [6, 6.07) is 0.211. The Morgan fingerprint density at radius 3 is 2.22 bits per heavy atom. The number of nitrogens with two attached hydrogens (primary N) is 1. The number of ketones is 2. The monoisotopic (exact) mass is 655 g/mol. The number of ether oxygens (including phenoxy) is 5. The average Bonchev–Trinajstić information content (AvgIpc) is 3.26. The van der Waals surface area contributed by atoms with Crippen molar-refractivity contribution in [2.24, 2.45) is 35.3 Å². The second-order valence-corrected chi connectivity index (χ2v) is 14.3. The van der Waals surface area contributed by atoms with Gasteiger partial charge in [0.25, 0.3) is 5.67 Å². The van der Waals surface area contributed by atoms with Gasteiger partial charge in [-0.2, -0.15) is 0 Å².